The zero-order chi connectivity index (χ0) is 23.4. The predicted octanol–water partition coefficient (Wildman–Crippen LogP) is 5.16. The van der Waals surface area contributed by atoms with Crippen LogP contribution in [0.1, 0.15) is 31.9 Å². The maximum absolute atomic E-state index is 12.8. The third kappa shape index (κ3) is 6.21. The number of hydrogen-bond donors (Lipinski definition) is 3. The molecule has 3 rings (SSSR count). The van der Waals surface area contributed by atoms with Crippen molar-refractivity contribution < 1.29 is 13.2 Å². The van der Waals surface area contributed by atoms with Gasteiger partial charge in [0.2, 0.25) is 0 Å². The van der Waals surface area contributed by atoms with Crippen LogP contribution in [0.4, 0.5) is 16.2 Å². The van der Waals surface area contributed by atoms with Crippen molar-refractivity contribution in [3.8, 4) is 0 Å². The Hall–Kier alpha value is -3.10. The Balaban J connectivity index is 1.64. The van der Waals surface area contributed by atoms with E-state index >= 15 is 0 Å². The fraction of sp³-hybridized carbons (Fsp3) is 0.217. The van der Waals surface area contributed by atoms with Gasteiger partial charge in [-0.15, -0.1) is 0 Å². The van der Waals surface area contributed by atoms with E-state index in [4.69, 9.17) is 11.6 Å². The molecule has 2 aromatic carbocycles. The number of sulfonamides is 1. The Morgan fingerprint density at radius 1 is 1.06 bits per heavy atom. The lowest BCUT2D eigenvalue weighted by atomic mass is 9.87. The van der Waals surface area contributed by atoms with Crippen molar-refractivity contribution in [1.82, 2.24) is 10.3 Å². The van der Waals surface area contributed by atoms with Gasteiger partial charge in [-0.2, -0.15) is 0 Å². The van der Waals surface area contributed by atoms with Crippen LogP contribution in [-0.2, 0) is 22.0 Å². The molecule has 0 radical (unpaired) electrons. The summed E-state index contributed by atoms with van der Waals surface area (Å²) in [7, 11) is -3.85. The summed E-state index contributed by atoms with van der Waals surface area (Å²) < 4.78 is 28.0. The number of benzene rings is 2. The fourth-order valence-corrected chi connectivity index (χ4v) is 4.21. The monoisotopic (exact) mass is 472 g/mol. The Labute approximate surface area is 193 Å². The molecule has 3 aromatic rings. The Morgan fingerprint density at radius 2 is 1.78 bits per heavy atom. The molecule has 0 aliphatic rings. The molecule has 0 aliphatic heterocycles. The highest BCUT2D eigenvalue weighted by atomic mass is 35.5. The van der Waals surface area contributed by atoms with E-state index in [1.54, 1.807) is 30.6 Å². The summed E-state index contributed by atoms with van der Waals surface area (Å²) in [5.41, 5.74) is 2.53. The van der Waals surface area contributed by atoms with Crippen LogP contribution in [0, 0.1) is 0 Å². The first-order valence-corrected chi connectivity index (χ1v) is 11.8. The number of carbonyl (C=O) groups excluding carboxylic acids is 1. The predicted molar refractivity (Wildman–Crippen MR) is 127 cm³/mol. The second-order valence-electron chi connectivity index (χ2n) is 8.24. The second kappa shape index (κ2) is 9.58. The average Bonchev–Trinajstić information content (AvgIpc) is 2.74. The van der Waals surface area contributed by atoms with Crippen molar-refractivity contribution in [2.45, 2.75) is 37.6 Å². The van der Waals surface area contributed by atoms with Crippen LogP contribution in [0.15, 0.2) is 71.9 Å². The van der Waals surface area contributed by atoms with Crippen LogP contribution in [0.3, 0.4) is 0 Å². The van der Waals surface area contributed by atoms with Crippen LogP contribution in [0.2, 0.25) is 5.02 Å². The summed E-state index contributed by atoms with van der Waals surface area (Å²) in [5, 5.41) is 5.70. The van der Waals surface area contributed by atoms with E-state index in [-0.39, 0.29) is 10.3 Å². The lowest BCUT2D eigenvalue weighted by Gasteiger charge is -2.20. The molecule has 168 valence electrons. The number of anilines is 2. The highest BCUT2D eigenvalue weighted by Gasteiger charge is 2.19. The van der Waals surface area contributed by atoms with Gasteiger partial charge in [0.1, 0.15) is 0 Å². The van der Waals surface area contributed by atoms with E-state index < -0.39 is 16.1 Å². The van der Waals surface area contributed by atoms with Gasteiger partial charge in [-0.25, -0.2) is 13.2 Å². The van der Waals surface area contributed by atoms with E-state index in [1.165, 1.54) is 24.3 Å². The molecule has 3 N–H and O–H groups in total. The molecular formula is C23H25ClN4O3S. The van der Waals surface area contributed by atoms with Gasteiger partial charge in [0.25, 0.3) is 10.0 Å². The van der Waals surface area contributed by atoms with Crippen LogP contribution in [-0.4, -0.2) is 19.4 Å². The van der Waals surface area contributed by atoms with Gasteiger partial charge >= 0.3 is 6.03 Å². The number of aromatic nitrogens is 1. The minimum atomic E-state index is -3.85. The minimum Gasteiger partial charge on any atom is -0.334 e. The lowest BCUT2D eigenvalue weighted by Crippen LogP contribution is -2.28. The van der Waals surface area contributed by atoms with Gasteiger partial charge < -0.3 is 10.6 Å². The average molecular weight is 473 g/mol. The first-order valence-electron chi connectivity index (χ1n) is 9.91. The highest BCUT2D eigenvalue weighted by molar-refractivity contribution is 7.92. The molecule has 2 amide bonds. The maximum atomic E-state index is 12.8. The molecule has 0 aliphatic carbocycles. The van der Waals surface area contributed by atoms with Crippen molar-refractivity contribution in [1.29, 1.82) is 0 Å². The third-order valence-electron chi connectivity index (χ3n) is 4.68. The number of hydrogen-bond acceptors (Lipinski definition) is 4. The van der Waals surface area contributed by atoms with Gasteiger partial charge in [-0.1, -0.05) is 44.5 Å². The molecule has 0 saturated heterocycles. The topological polar surface area (TPSA) is 100 Å². The molecule has 0 saturated carbocycles. The van der Waals surface area contributed by atoms with Gasteiger partial charge in [-0.3, -0.25) is 9.71 Å². The fourth-order valence-electron chi connectivity index (χ4n) is 2.85. The van der Waals surface area contributed by atoms with Gasteiger partial charge in [0.15, 0.2) is 0 Å². The molecule has 32 heavy (non-hydrogen) atoms. The Bertz CT molecular complexity index is 1190. The Morgan fingerprint density at radius 3 is 2.38 bits per heavy atom. The molecule has 0 fully saturated rings. The molecule has 0 spiro atoms. The molecule has 0 bridgehead atoms. The SMILES string of the molecule is CC(C)(C)c1ccc(NS(=O)(=O)c2ccc(NC(=O)NCc3cccnc3)cc2)c(Cl)c1. The molecule has 0 atom stereocenters. The number of urea groups is 1. The third-order valence-corrected chi connectivity index (χ3v) is 6.37. The molecule has 1 aromatic heterocycles. The highest BCUT2D eigenvalue weighted by Crippen LogP contribution is 2.31. The number of rotatable bonds is 6. The van der Waals surface area contributed by atoms with E-state index in [9.17, 15) is 13.2 Å². The summed E-state index contributed by atoms with van der Waals surface area (Å²) in [6.07, 6.45) is 3.32. The number of carbonyl (C=O) groups is 1. The largest absolute Gasteiger partial charge is 0.334 e. The molecule has 0 unspecified atom stereocenters. The molecule has 7 nitrogen and oxygen atoms in total. The number of nitrogens with one attached hydrogen (secondary N) is 3. The first-order chi connectivity index (χ1) is 15.0. The van der Waals surface area contributed by atoms with Crippen molar-refractivity contribution in [2.75, 3.05) is 10.0 Å². The summed E-state index contributed by atoms with van der Waals surface area (Å²) in [5.74, 6) is 0. The van der Waals surface area contributed by atoms with E-state index in [2.05, 4.69) is 41.1 Å². The quantitative estimate of drug-likeness (QED) is 0.461. The number of amides is 2. The summed E-state index contributed by atoms with van der Waals surface area (Å²) in [6.45, 7) is 6.48. The van der Waals surface area contributed by atoms with Gasteiger partial charge in [0, 0.05) is 24.6 Å². The van der Waals surface area contributed by atoms with E-state index in [1.807, 2.05) is 12.1 Å². The first kappa shape index (κ1) is 23.6. The van der Waals surface area contributed by atoms with Gasteiger partial charge in [-0.05, 0) is 59.0 Å². The molecule has 9 heteroatoms. The minimum absolute atomic E-state index is 0.0507. The van der Waals surface area contributed by atoms with Crippen molar-refractivity contribution >= 4 is 39.0 Å². The van der Waals surface area contributed by atoms with Crippen LogP contribution in [0.25, 0.3) is 0 Å². The summed E-state index contributed by atoms with van der Waals surface area (Å²) in [6, 6.07) is 14.4. The molecule has 1 heterocycles. The molecular weight excluding hydrogens is 448 g/mol. The zero-order valence-corrected chi connectivity index (χ0v) is 19.6. The lowest BCUT2D eigenvalue weighted by molar-refractivity contribution is 0.251. The Kier molecular flexibility index (Phi) is 7.06. The van der Waals surface area contributed by atoms with Crippen molar-refractivity contribution in [2.24, 2.45) is 0 Å². The normalized spacial score (nSPS) is 11.6. The van der Waals surface area contributed by atoms with E-state index in [0.717, 1.165) is 11.1 Å². The summed E-state index contributed by atoms with van der Waals surface area (Å²) in [4.78, 5) is 16.1. The standard InChI is InChI=1S/C23H25ClN4O3S/c1-23(2,3)17-6-11-21(20(24)13-17)28-32(30,31)19-9-7-18(8-10-19)27-22(29)26-15-16-5-4-12-25-14-16/h4-14,28H,15H2,1-3H3,(H2,26,27,29). The van der Waals surface area contributed by atoms with Crippen LogP contribution in [0.5, 0.6) is 0 Å². The summed E-state index contributed by atoms with van der Waals surface area (Å²) >= 11 is 6.30. The van der Waals surface area contributed by atoms with Crippen molar-refractivity contribution in [3.63, 3.8) is 0 Å². The number of pyridine rings is 1. The zero-order valence-electron chi connectivity index (χ0n) is 18.0. The van der Waals surface area contributed by atoms with Crippen LogP contribution >= 0.6 is 11.6 Å². The van der Waals surface area contributed by atoms with Crippen LogP contribution < -0.4 is 15.4 Å². The van der Waals surface area contributed by atoms with Crippen molar-refractivity contribution in [3.05, 3.63) is 83.1 Å². The number of halogens is 1. The van der Waals surface area contributed by atoms with E-state index in [0.29, 0.717) is 22.9 Å². The smallest absolute Gasteiger partial charge is 0.319 e. The second-order valence-corrected chi connectivity index (χ2v) is 10.3. The maximum Gasteiger partial charge on any atom is 0.319 e. The number of nitrogens with zero attached hydrogens (tertiary/aromatic N) is 1. The van der Waals surface area contributed by atoms with Gasteiger partial charge in [0.05, 0.1) is 15.6 Å².